The number of methoxy groups -OCH3 is 2. The van der Waals surface area contributed by atoms with Crippen LogP contribution < -0.4 is 14.2 Å². The highest BCUT2D eigenvalue weighted by atomic mass is 79.9. The van der Waals surface area contributed by atoms with Gasteiger partial charge in [0.1, 0.15) is 16.9 Å². The third-order valence-corrected chi connectivity index (χ3v) is 7.97. The molecule has 0 aliphatic heterocycles. The van der Waals surface area contributed by atoms with Crippen molar-refractivity contribution in [2.75, 3.05) is 41.5 Å². The van der Waals surface area contributed by atoms with Gasteiger partial charge in [0.15, 0.2) is 0 Å². The zero-order chi connectivity index (χ0) is 29.1. The summed E-state index contributed by atoms with van der Waals surface area (Å²) in [5.41, 5.74) is 1.68. The molecule has 0 saturated carbocycles. The fraction of sp³-hybridized carbons (Fsp3) is 0.303. The van der Waals surface area contributed by atoms with Gasteiger partial charge in [0.25, 0.3) is 0 Å². The summed E-state index contributed by atoms with van der Waals surface area (Å²) < 4.78 is 24.2. The van der Waals surface area contributed by atoms with E-state index in [0.717, 1.165) is 37.3 Å². The van der Waals surface area contributed by atoms with Gasteiger partial charge in [-0.1, -0.05) is 34.1 Å². The van der Waals surface area contributed by atoms with Crippen molar-refractivity contribution in [3.05, 3.63) is 94.2 Å². The number of hydrogen-bond donors (Lipinski definition) is 1. The molecule has 0 aliphatic carbocycles. The van der Waals surface area contributed by atoms with Crippen molar-refractivity contribution >= 4 is 37.7 Å². The van der Waals surface area contributed by atoms with E-state index in [9.17, 15) is 5.11 Å². The molecule has 7 nitrogen and oxygen atoms in total. The van der Waals surface area contributed by atoms with Crippen LogP contribution in [-0.2, 0) is 5.60 Å². The highest BCUT2D eigenvalue weighted by Crippen LogP contribution is 2.50. The van der Waals surface area contributed by atoms with E-state index in [1.807, 2.05) is 75.6 Å². The maximum absolute atomic E-state index is 13.2. The number of aliphatic hydroxyl groups is 1. The van der Waals surface area contributed by atoms with Gasteiger partial charge >= 0.3 is 0 Å². The molecule has 3 aromatic carbocycles. The van der Waals surface area contributed by atoms with Crippen LogP contribution >= 0.6 is 15.9 Å². The molecule has 0 bridgehead atoms. The highest BCUT2D eigenvalue weighted by Gasteiger charge is 2.43. The molecule has 0 unspecified atom stereocenters. The SMILES string of the molecule is CCOc1cc([C@H](c2cc3cc(Br)ccc3cc2OC)[C@@](O)(CCN(C)C)c2cccc3occc23)cc(OC)n1. The van der Waals surface area contributed by atoms with Gasteiger partial charge in [0.05, 0.1) is 27.1 Å². The maximum Gasteiger partial charge on any atom is 0.216 e. The summed E-state index contributed by atoms with van der Waals surface area (Å²) in [5, 5.41) is 16.1. The number of hydrogen-bond acceptors (Lipinski definition) is 7. The molecular weight excluding hydrogens is 584 g/mol. The molecule has 5 aromatic rings. The predicted molar refractivity (Wildman–Crippen MR) is 165 cm³/mol. The van der Waals surface area contributed by atoms with Crippen LogP contribution in [0, 0.1) is 0 Å². The number of benzene rings is 3. The van der Waals surface area contributed by atoms with Crippen molar-refractivity contribution in [3.63, 3.8) is 0 Å². The average molecular weight is 620 g/mol. The van der Waals surface area contributed by atoms with Crippen molar-refractivity contribution in [1.29, 1.82) is 0 Å². The van der Waals surface area contributed by atoms with Gasteiger partial charge in [-0.05, 0) is 85.7 Å². The molecule has 0 fully saturated rings. The summed E-state index contributed by atoms with van der Waals surface area (Å²) in [7, 11) is 7.25. The lowest BCUT2D eigenvalue weighted by molar-refractivity contribution is 0.00521. The number of rotatable bonds is 11. The van der Waals surface area contributed by atoms with Crippen LogP contribution in [0.25, 0.3) is 21.7 Å². The number of fused-ring (bicyclic) bond motifs is 2. The number of aromatic nitrogens is 1. The fourth-order valence-electron chi connectivity index (χ4n) is 5.57. The van der Waals surface area contributed by atoms with Crippen LogP contribution in [0.2, 0.25) is 0 Å². The van der Waals surface area contributed by atoms with Gasteiger partial charge in [-0.15, -0.1) is 0 Å². The smallest absolute Gasteiger partial charge is 0.216 e. The summed E-state index contributed by atoms with van der Waals surface area (Å²) in [4.78, 5) is 6.58. The van der Waals surface area contributed by atoms with Crippen molar-refractivity contribution < 1.29 is 23.7 Å². The molecule has 214 valence electrons. The molecule has 2 aromatic heterocycles. The average Bonchev–Trinajstić information content (AvgIpc) is 3.45. The minimum Gasteiger partial charge on any atom is -0.496 e. The molecule has 1 N–H and O–H groups in total. The van der Waals surface area contributed by atoms with Crippen molar-refractivity contribution in [2.24, 2.45) is 0 Å². The lowest BCUT2D eigenvalue weighted by atomic mass is 9.70. The second kappa shape index (κ2) is 12.1. The highest BCUT2D eigenvalue weighted by molar-refractivity contribution is 9.10. The van der Waals surface area contributed by atoms with Gasteiger partial charge < -0.3 is 28.6 Å². The van der Waals surface area contributed by atoms with Crippen molar-refractivity contribution in [3.8, 4) is 17.5 Å². The summed E-state index contributed by atoms with van der Waals surface area (Å²) >= 11 is 3.62. The Morgan fingerprint density at radius 2 is 1.78 bits per heavy atom. The second-order valence-corrected chi connectivity index (χ2v) is 11.3. The van der Waals surface area contributed by atoms with E-state index in [4.69, 9.17) is 18.6 Å². The molecule has 41 heavy (non-hydrogen) atoms. The molecule has 0 saturated heterocycles. The Morgan fingerprint density at radius 1 is 0.976 bits per heavy atom. The van der Waals surface area contributed by atoms with E-state index < -0.39 is 11.5 Å². The van der Waals surface area contributed by atoms with E-state index in [2.05, 4.69) is 37.9 Å². The van der Waals surface area contributed by atoms with Crippen LogP contribution in [-0.4, -0.2) is 56.5 Å². The zero-order valence-corrected chi connectivity index (χ0v) is 25.6. The number of furan rings is 1. The third-order valence-electron chi connectivity index (χ3n) is 7.48. The normalized spacial score (nSPS) is 13.9. The minimum absolute atomic E-state index is 0.398. The number of halogens is 1. The van der Waals surface area contributed by atoms with E-state index in [1.165, 1.54) is 0 Å². The van der Waals surface area contributed by atoms with E-state index in [-0.39, 0.29) is 0 Å². The Bertz CT molecular complexity index is 1670. The molecule has 2 atom stereocenters. The van der Waals surface area contributed by atoms with Gasteiger partial charge in [-0.25, -0.2) is 0 Å². The van der Waals surface area contributed by atoms with Crippen LogP contribution in [0.3, 0.4) is 0 Å². The standard InChI is InChI=1S/C33H35BrN2O5/c1-6-40-31-20-23(19-30(35-31)39-5)32(26-17-22-16-24(34)11-10-21(22)18-29(26)38-4)33(37,13-14-36(2)3)27-8-7-9-28-25(27)12-15-41-28/h7-12,15-20,32,37H,6,13-14H2,1-5H3/t32-,33-/m1/s1. The summed E-state index contributed by atoms with van der Waals surface area (Å²) in [6.45, 7) is 2.98. The summed E-state index contributed by atoms with van der Waals surface area (Å²) in [6.07, 6.45) is 2.08. The fourth-order valence-corrected chi connectivity index (χ4v) is 5.95. The van der Waals surface area contributed by atoms with Crippen LogP contribution in [0.4, 0.5) is 0 Å². The van der Waals surface area contributed by atoms with Gasteiger partial charge in [0, 0.05) is 40.0 Å². The lowest BCUT2D eigenvalue weighted by Gasteiger charge is -2.39. The van der Waals surface area contributed by atoms with E-state index in [1.54, 1.807) is 20.5 Å². The first-order chi connectivity index (χ1) is 19.8. The Labute approximate surface area is 248 Å². The number of pyridine rings is 1. The second-order valence-electron chi connectivity index (χ2n) is 10.3. The maximum atomic E-state index is 13.2. The Balaban J connectivity index is 1.87. The lowest BCUT2D eigenvalue weighted by Crippen LogP contribution is -2.38. The molecule has 8 heteroatoms. The number of ether oxygens (including phenoxy) is 3. The summed E-state index contributed by atoms with van der Waals surface area (Å²) in [6, 6.07) is 21.7. The minimum atomic E-state index is -1.41. The zero-order valence-electron chi connectivity index (χ0n) is 24.0. The monoisotopic (exact) mass is 618 g/mol. The summed E-state index contributed by atoms with van der Waals surface area (Å²) in [5.74, 6) is 0.888. The van der Waals surface area contributed by atoms with Crippen molar-refractivity contribution in [1.82, 2.24) is 9.88 Å². The first-order valence-electron chi connectivity index (χ1n) is 13.6. The topological polar surface area (TPSA) is 77.2 Å². The van der Waals surface area contributed by atoms with E-state index in [0.29, 0.717) is 42.7 Å². The first kappa shape index (κ1) is 28.9. The molecule has 0 radical (unpaired) electrons. The first-order valence-corrected chi connectivity index (χ1v) is 14.4. The molecule has 0 aliphatic rings. The van der Waals surface area contributed by atoms with Gasteiger partial charge in [-0.3, -0.25) is 0 Å². The Morgan fingerprint density at radius 3 is 2.51 bits per heavy atom. The molecular formula is C33H35BrN2O5. The van der Waals surface area contributed by atoms with Gasteiger partial charge in [-0.2, -0.15) is 4.98 Å². The van der Waals surface area contributed by atoms with Gasteiger partial charge in [0.2, 0.25) is 11.8 Å². The largest absolute Gasteiger partial charge is 0.496 e. The molecule has 2 heterocycles. The quantitative estimate of drug-likeness (QED) is 0.169. The van der Waals surface area contributed by atoms with E-state index >= 15 is 0 Å². The van der Waals surface area contributed by atoms with Crippen LogP contribution in [0.1, 0.15) is 36.0 Å². The molecule has 5 rings (SSSR count). The third kappa shape index (κ3) is 5.77. The molecule has 0 amide bonds. The van der Waals surface area contributed by atoms with Crippen LogP contribution in [0.5, 0.6) is 17.5 Å². The number of nitrogens with zero attached hydrogens (tertiary/aromatic N) is 2. The molecule has 0 spiro atoms. The van der Waals surface area contributed by atoms with Crippen LogP contribution in [0.15, 0.2) is 81.9 Å². The Hall–Kier alpha value is -3.59. The van der Waals surface area contributed by atoms with Crippen molar-refractivity contribution in [2.45, 2.75) is 24.9 Å². The predicted octanol–water partition coefficient (Wildman–Crippen LogP) is 7.13. The Kier molecular flexibility index (Phi) is 8.54.